The molecule has 1 amide bonds. The molecule has 0 saturated heterocycles. The van der Waals surface area contributed by atoms with E-state index in [4.69, 9.17) is 39.5 Å². The Bertz CT molecular complexity index is 1060. The summed E-state index contributed by atoms with van der Waals surface area (Å²) in [5.74, 6) is 1.28. The monoisotopic (exact) mass is 498 g/mol. The fourth-order valence-corrected chi connectivity index (χ4v) is 4.33. The molecule has 0 unspecified atom stereocenters. The molecule has 0 aliphatic carbocycles. The summed E-state index contributed by atoms with van der Waals surface area (Å²) < 4.78 is 7.81. The van der Waals surface area contributed by atoms with Crippen LogP contribution in [0.2, 0.25) is 15.1 Å². The van der Waals surface area contributed by atoms with Crippen LogP contribution in [-0.2, 0) is 17.9 Å². The number of para-hydroxylation sites is 1. The number of nitrogens with zero attached hydrogens (tertiary/aromatic N) is 3. The predicted molar refractivity (Wildman–Crippen MR) is 127 cm³/mol. The number of rotatable bonds is 8. The first-order chi connectivity index (χ1) is 14.8. The first kappa shape index (κ1) is 23.7. The number of ether oxygens (including phenoxy) is 1. The van der Waals surface area contributed by atoms with Crippen molar-refractivity contribution in [1.29, 1.82) is 0 Å². The molecule has 0 bridgehead atoms. The van der Waals surface area contributed by atoms with Gasteiger partial charge in [0.15, 0.2) is 11.0 Å². The van der Waals surface area contributed by atoms with Crippen molar-refractivity contribution in [2.45, 2.75) is 39.1 Å². The molecule has 1 heterocycles. The maximum Gasteiger partial charge on any atom is 0.234 e. The van der Waals surface area contributed by atoms with E-state index >= 15 is 0 Å². The maximum absolute atomic E-state index is 12.4. The van der Waals surface area contributed by atoms with Crippen LogP contribution in [0.5, 0.6) is 5.75 Å². The highest BCUT2D eigenvalue weighted by molar-refractivity contribution is 7.99. The van der Waals surface area contributed by atoms with Crippen molar-refractivity contribution in [1.82, 2.24) is 14.8 Å². The average Bonchev–Trinajstić information content (AvgIpc) is 3.13. The lowest BCUT2D eigenvalue weighted by Gasteiger charge is -2.11. The van der Waals surface area contributed by atoms with Gasteiger partial charge < -0.3 is 14.6 Å². The van der Waals surface area contributed by atoms with Gasteiger partial charge in [0, 0.05) is 11.6 Å². The zero-order valence-electron chi connectivity index (χ0n) is 17.2. The summed E-state index contributed by atoms with van der Waals surface area (Å²) >= 11 is 19.7. The van der Waals surface area contributed by atoms with E-state index in [0.29, 0.717) is 33.3 Å². The molecular formula is C21H21Cl3N4O2S. The smallest absolute Gasteiger partial charge is 0.234 e. The zero-order valence-corrected chi connectivity index (χ0v) is 20.3. The summed E-state index contributed by atoms with van der Waals surface area (Å²) in [6.45, 7) is 6.75. The molecule has 2 aromatic carbocycles. The average molecular weight is 500 g/mol. The summed E-state index contributed by atoms with van der Waals surface area (Å²) in [6, 6.07) is 8.83. The number of hydrogen-bond acceptors (Lipinski definition) is 5. The third-order valence-corrected chi connectivity index (χ3v) is 6.64. The molecule has 0 atom stereocenters. The van der Waals surface area contributed by atoms with Crippen LogP contribution in [0.15, 0.2) is 35.5 Å². The minimum absolute atomic E-state index is 0.135. The van der Waals surface area contributed by atoms with Crippen molar-refractivity contribution in [2.24, 2.45) is 0 Å². The van der Waals surface area contributed by atoms with E-state index in [1.807, 2.05) is 37.5 Å². The van der Waals surface area contributed by atoms with E-state index in [0.717, 1.165) is 21.9 Å². The van der Waals surface area contributed by atoms with Crippen LogP contribution in [0, 0.1) is 13.8 Å². The van der Waals surface area contributed by atoms with Crippen molar-refractivity contribution in [3.05, 3.63) is 62.4 Å². The number of carbonyl (C=O) groups is 1. The van der Waals surface area contributed by atoms with Gasteiger partial charge in [0.2, 0.25) is 5.91 Å². The van der Waals surface area contributed by atoms with Crippen molar-refractivity contribution in [3.63, 3.8) is 0 Å². The Morgan fingerprint density at radius 1 is 1.13 bits per heavy atom. The largest absolute Gasteiger partial charge is 0.486 e. The number of nitrogens with one attached hydrogen (secondary N) is 1. The van der Waals surface area contributed by atoms with Crippen LogP contribution in [0.25, 0.3) is 0 Å². The highest BCUT2D eigenvalue weighted by Gasteiger charge is 2.15. The van der Waals surface area contributed by atoms with Gasteiger partial charge in [-0.05, 0) is 56.2 Å². The summed E-state index contributed by atoms with van der Waals surface area (Å²) in [7, 11) is 0. The number of thioether (sulfide) groups is 1. The number of aromatic nitrogens is 3. The maximum atomic E-state index is 12.4. The molecule has 6 nitrogen and oxygen atoms in total. The quantitative estimate of drug-likeness (QED) is 0.375. The van der Waals surface area contributed by atoms with E-state index in [-0.39, 0.29) is 18.3 Å². The van der Waals surface area contributed by atoms with Crippen LogP contribution >= 0.6 is 46.6 Å². The molecule has 0 radical (unpaired) electrons. The fraction of sp³-hybridized carbons (Fsp3) is 0.286. The lowest BCUT2D eigenvalue weighted by molar-refractivity contribution is -0.113. The minimum atomic E-state index is -0.240. The van der Waals surface area contributed by atoms with E-state index in [1.54, 1.807) is 18.2 Å². The predicted octanol–water partition coefficient (Wildman–Crippen LogP) is 6.18. The molecule has 3 aromatic rings. The summed E-state index contributed by atoms with van der Waals surface area (Å²) in [4.78, 5) is 12.4. The molecule has 0 aliphatic rings. The molecule has 0 spiro atoms. The molecule has 164 valence electrons. The molecule has 0 saturated carbocycles. The number of hydrogen-bond donors (Lipinski definition) is 1. The van der Waals surface area contributed by atoms with Gasteiger partial charge in [-0.3, -0.25) is 4.79 Å². The molecule has 1 N–H and O–H groups in total. The number of halogens is 3. The number of amides is 1. The second kappa shape index (κ2) is 10.6. The lowest BCUT2D eigenvalue weighted by atomic mass is 10.1. The third kappa shape index (κ3) is 5.86. The van der Waals surface area contributed by atoms with Gasteiger partial charge in [0.05, 0.1) is 21.5 Å². The zero-order chi connectivity index (χ0) is 22.5. The Morgan fingerprint density at radius 2 is 1.77 bits per heavy atom. The normalized spacial score (nSPS) is 10.9. The highest BCUT2D eigenvalue weighted by atomic mass is 35.5. The molecule has 1 aromatic heterocycles. The van der Waals surface area contributed by atoms with Crippen LogP contribution in [-0.4, -0.2) is 26.4 Å². The second-order valence-corrected chi connectivity index (χ2v) is 8.87. The highest BCUT2D eigenvalue weighted by Crippen LogP contribution is 2.30. The Morgan fingerprint density at radius 3 is 2.39 bits per heavy atom. The number of anilines is 1. The van der Waals surface area contributed by atoms with Crippen molar-refractivity contribution < 1.29 is 9.53 Å². The minimum Gasteiger partial charge on any atom is -0.486 e. The summed E-state index contributed by atoms with van der Waals surface area (Å²) in [6.07, 6.45) is 0. The van der Waals surface area contributed by atoms with Gasteiger partial charge >= 0.3 is 0 Å². The van der Waals surface area contributed by atoms with Gasteiger partial charge in [0.25, 0.3) is 0 Å². The second-order valence-electron chi connectivity index (χ2n) is 6.74. The van der Waals surface area contributed by atoms with E-state index in [2.05, 4.69) is 15.5 Å². The SMILES string of the molecule is CCn1c(COc2cc(C)c(Cl)c(C)c2)nnc1SCC(=O)Nc1c(Cl)cccc1Cl. The van der Waals surface area contributed by atoms with Gasteiger partial charge in [-0.1, -0.05) is 52.6 Å². The van der Waals surface area contributed by atoms with Gasteiger partial charge in [-0.2, -0.15) is 0 Å². The van der Waals surface area contributed by atoms with Crippen molar-refractivity contribution >= 4 is 58.2 Å². The number of aryl methyl sites for hydroxylation is 2. The Balaban J connectivity index is 1.63. The molecule has 0 fully saturated rings. The van der Waals surface area contributed by atoms with Crippen molar-refractivity contribution in [3.8, 4) is 5.75 Å². The molecule has 10 heteroatoms. The van der Waals surface area contributed by atoms with Crippen LogP contribution in [0.3, 0.4) is 0 Å². The topological polar surface area (TPSA) is 69.0 Å². The summed E-state index contributed by atoms with van der Waals surface area (Å²) in [5.41, 5.74) is 2.31. The molecular weight excluding hydrogens is 479 g/mol. The molecule has 0 aliphatic heterocycles. The standard InChI is InChI=1S/C21H21Cl3N4O2S/c1-4-28-17(10-30-14-8-12(2)19(24)13(3)9-14)26-27-21(28)31-11-18(29)25-20-15(22)6-5-7-16(20)23/h5-9H,4,10-11H2,1-3H3,(H,25,29). The van der Waals surface area contributed by atoms with Crippen LogP contribution < -0.4 is 10.1 Å². The van der Waals surface area contributed by atoms with E-state index < -0.39 is 0 Å². The van der Waals surface area contributed by atoms with E-state index in [9.17, 15) is 4.79 Å². The Kier molecular flexibility index (Phi) is 8.11. The molecule has 3 rings (SSSR count). The number of benzene rings is 2. The van der Waals surface area contributed by atoms with E-state index in [1.165, 1.54) is 11.8 Å². The first-order valence-corrected chi connectivity index (χ1v) is 11.6. The van der Waals surface area contributed by atoms with Crippen molar-refractivity contribution in [2.75, 3.05) is 11.1 Å². The van der Waals surface area contributed by atoms with Crippen LogP contribution in [0.4, 0.5) is 5.69 Å². The first-order valence-electron chi connectivity index (χ1n) is 9.48. The van der Waals surface area contributed by atoms with Gasteiger partial charge in [-0.25, -0.2) is 0 Å². The number of carbonyl (C=O) groups excluding carboxylic acids is 1. The van der Waals surface area contributed by atoms with Gasteiger partial charge in [-0.15, -0.1) is 10.2 Å². The summed E-state index contributed by atoms with van der Waals surface area (Å²) in [5, 5.41) is 13.3. The fourth-order valence-electron chi connectivity index (χ4n) is 2.91. The Hall–Kier alpha value is -1.93. The molecule has 31 heavy (non-hydrogen) atoms. The van der Waals surface area contributed by atoms with Gasteiger partial charge in [0.1, 0.15) is 12.4 Å². The van der Waals surface area contributed by atoms with Crippen LogP contribution in [0.1, 0.15) is 23.9 Å². The third-order valence-electron chi connectivity index (χ3n) is 4.45. The lowest BCUT2D eigenvalue weighted by Crippen LogP contribution is -2.15. The Labute approximate surface area is 200 Å².